The predicted molar refractivity (Wildman–Crippen MR) is 146 cm³/mol. The van der Waals surface area contributed by atoms with Gasteiger partial charge in [-0.05, 0) is 56.2 Å². The lowest BCUT2D eigenvalue weighted by molar-refractivity contribution is -0.143. The van der Waals surface area contributed by atoms with Crippen LogP contribution in [0.4, 0.5) is 0 Å². The Bertz CT molecular complexity index is 930. The van der Waals surface area contributed by atoms with Crippen molar-refractivity contribution in [1.29, 1.82) is 0 Å². The first-order valence-corrected chi connectivity index (χ1v) is 17.0. The van der Waals surface area contributed by atoms with Crippen molar-refractivity contribution >= 4 is 36.1 Å². The monoisotopic (exact) mass is 565 g/mol. The van der Waals surface area contributed by atoms with Gasteiger partial charge >= 0.3 is 5.97 Å². The summed E-state index contributed by atoms with van der Waals surface area (Å²) < 4.78 is 55.1. The largest absolute Gasteiger partial charge is 0.497 e. The number of thioether (sulfide) groups is 1. The van der Waals surface area contributed by atoms with Crippen molar-refractivity contribution in [3.05, 3.63) is 24.3 Å². The number of ether oxygens (including phenoxy) is 4. The molecule has 0 aliphatic carbocycles. The number of nitrogens with one attached hydrogen (secondary N) is 1. The topological polar surface area (TPSA) is 109 Å². The highest BCUT2D eigenvalue weighted by molar-refractivity contribution is 8.00. The van der Waals surface area contributed by atoms with Crippen molar-refractivity contribution in [1.82, 2.24) is 4.72 Å². The highest BCUT2D eigenvalue weighted by Gasteiger charge is 2.41. The standard InChI is InChI=1S/C24H43NO8S2Si/c1-23(2,3)36(9,10)33-15-19(32-17-29-6)16-34-24(4,5)21(22(26)31-8)25-35(27,28)20-13-11-18(30-7)12-14-20/h11-14,19,21,25H,15-17H2,1-10H3/t19-,21-/m0/s1. The first kappa shape index (κ1) is 32.9. The number of benzene rings is 1. The smallest absolute Gasteiger partial charge is 0.325 e. The fourth-order valence-corrected chi connectivity index (χ4v) is 6.36. The second-order valence-electron chi connectivity index (χ2n) is 10.4. The molecular weight excluding hydrogens is 522 g/mol. The minimum Gasteiger partial charge on any atom is -0.497 e. The summed E-state index contributed by atoms with van der Waals surface area (Å²) in [6.45, 7) is 14.9. The van der Waals surface area contributed by atoms with E-state index in [0.717, 1.165) is 0 Å². The summed E-state index contributed by atoms with van der Waals surface area (Å²) in [5.41, 5.74) is 0. The van der Waals surface area contributed by atoms with Gasteiger partial charge in [-0.25, -0.2) is 8.42 Å². The second-order valence-corrected chi connectivity index (χ2v) is 18.6. The van der Waals surface area contributed by atoms with E-state index in [9.17, 15) is 13.2 Å². The van der Waals surface area contributed by atoms with Crippen molar-refractivity contribution in [2.45, 2.75) is 74.5 Å². The number of carbonyl (C=O) groups is 1. The summed E-state index contributed by atoms with van der Waals surface area (Å²) in [4.78, 5) is 12.7. The van der Waals surface area contributed by atoms with Gasteiger partial charge < -0.3 is 23.4 Å². The number of methoxy groups -OCH3 is 3. The molecule has 0 aliphatic heterocycles. The third-order valence-corrected chi connectivity index (χ3v) is 13.7. The molecule has 0 saturated carbocycles. The maximum Gasteiger partial charge on any atom is 0.325 e. The van der Waals surface area contributed by atoms with E-state index < -0.39 is 35.1 Å². The van der Waals surface area contributed by atoms with E-state index in [0.29, 0.717) is 18.1 Å². The fraction of sp³-hybridized carbons (Fsp3) is 0.708. The minimum absolute atomic E-state index is 0.0158. The minimum atomic E-state index is -4.01. The zero-order valence-corrected chi connectivity index (χ0v) is 25.8. The molecule has 0 fully saturated rings. The molecule has 1 aromatic rings. The Kier molecular flexibility index (Phi) is 12.4. The number of esters is 1. The van der Waals surface area contributed by atoms with Crippen LogP contribution in [0.25, 0.3) is 0 Å². The van der Waals surface area contributed by atoms with Crippen LogP contribution in [0.3, 0.4) is 0 Å². The number of hydrogen-bond donors (Lipinski definition) is 1. The molecule has 1 rings (SSSR count). The molecule has 0 saturated heterocycles. The summed E-state index contributed by atoms with van der Waals surface area (Å²) in [6.07, 6.45) is -0.320. The Balaban J connectivity index is 3.05. The number of sulfonamides is 1. The van der Waals surface area contributed by atoms with Crippen LogP contribution in [0.1, 0.15) is 34.6 Å². The SMILES string of the molecule is COCO[C@@H](CO[Si](C)(C)C(C)(C)C)CSC(C)(C)[C@@H](NS(=O)(=O)c1ccc(OC)cc1)C(=O)OC. The van der Waals surface area contributed by atoms with Crippen molar-refractivity contribution in [3.8, 4) is 5.75 Å². The van der Waals surface area contributed by atoms with Crippen molar-refractivity contribution < 1.29 is 36.6 Å². The number of carbonyl (C=O) groups excluding carboxylic acids is 1. The highest BCUT2D eigenvalue weighted by Crippen LogP contribution is 2.37. The summed E-state index contributed by atoms with van der Waals surface area (Å²) in [6, 6.07) is 4.78. The van der Waals surface area contributed by atoms with E-state index in [1.54, 1.807) is 33.1 Å². The van der Waals surface area contributed by atoms with Crippen LogP contribution in [0.15, 0.2) is 29.2 Å². The lowest BCUT2D eigenvalue weighted by atomic mass is 10.0. The maximum atomic E-state index is 13.1. The summed E-state index contributed by atoms with van der Waals surface area (Å²) >= 11 is 1.40. The zero-order chi connectivity index (χ0) is 27.8. The Morgan fingerprint density at radius 3 is 2.11 bits per heavy atom. The lowest BCUT2D eigenvalue weighted by Gasteiger charge is -2.38. The first-order chi connectivity index (χ1) is 16.5. The van der Waals surface area contributed by atoms with Gasteiger partial charge in [-0.3, -0.25) is 4.79 Å². The van der Waals surface area contributed by atoms with Gasteiger partial charge in [0.25, 0.3) is 0 Å². The second kappa shape index (κ2) is 13.6. The molecule has 2 atom stereocenters. The van der Waals surface area contributed by atoms with Crippen LogP contribution in [0.5, 0.6) is 5.75 Å². The van der Waals surface area contributed by atoms with E-state index >= 15 is 0 Å². The lowest BCUT2D eigenvalue weighted by Crippen LogP contribution is -2.53. The Morgan fingerprint density at radius 2 is 1.64 bits per heavy atom. The van der Waals surface area contributed by atoms with Crippen LogP contribution >= 0.6 is 11.8 Å². The van der Waals surface area contributed by atoms with Crippen molar-refractivity contribution in [2.75, 3.05) is 40.5 Å². The van der Waals surface area contributed by atoms with E-state index in [1.165, 1.54) is 38.1 Å². The molecule has 208 valence electrons. The molecule has 12 heteroatoms. The molecule has 1 N–H and O–H groups in total. The molecule has 0 radical (unpaired) electrons. The average molecular weight is 566 g/mol. The quantitative estimate of drug-likeness (QED) is 0.191. The molecule has 0 aliphatic rings. The van der Waals surface area contributed by atoms with Crippen LogP contribution in [0, 0.1) is 0 Å². The fourth-order valence-electron chi connectivity index (χ4n) is 2.79. The van der Waals surface area contributed by atoms with Gasteiger partial charge in [-0.1, -0.05) is 20.8 Å². The van der Waals surface area contributed by atoms with E-state index in [-0.39, 0.29) is 22.8 Å². The van der Waals surface area contributed by atoms with Crippen LogP contribution < -0.4 is 9.46 Å². The normalized spacial score (nSPS) is 14.8. The highest BCUT2D eigenvalue weighted by atomic mass is 32.2. The summed E-state index contributed by atoms with van der Waals surface area (Å²) in [5, 5.41) is 0.0426. The molecule has 0 amide bonds. The molecule has 0 spiro atoms. The van der Waals surface area contributed by atoms with E-state index in [2.05, 4.69) is 38.6 Å². The van der Waals surface area contributed by atoms with Crippen LogP contribution in [-0.4, -0.2) is 80.1 Å². The molecule has 36 heavy (non-hydrogen) atoms. The molecular formula is C24H43NO8S2Si. The Morgan fingerprint density at radius 1 is 1.06 bits per heavy atom. The third-order valence-electron chi connectivity index (χ3n) is 6.27. The van der Waals surface area contributed by atoms with Gasteiger partial charge in [0.1, 0.15) is 18.6 Å². The van der Waals surface area contributed by atoms with Gasteiger partial charge in [0, 0.05) is 17.6 Å². The van der Waals surface area contributed by atoms with Crippen molar-refractivity contribution in [2.24, 2.45) is 0 Å². The predicted octanol–water partition coefficient (Wildman–Crippen LogP) is 4.04. The molecule has 0 heterocycles. The van der Waals surface area contributed by atoms with Crippen LogP contribution in [-0.2, 0) is 33.5 Å². The molecule has 0 bridgehead atoms. The van der Waals surface area contributed by atoms with Gasteiger partial charge in [0.05, 0.1) is 31.8 Å². The number of hydrogen-bond acceptors (Lipinski definition) is 9. The van der Waals surface area contributed by atoms with Gasteiger partial charge in [-0.2, -0.15) is 16.5 Å². The third kappa shape index (κ3) is 9.62. The molecule has 0 unspecified atom stereocenters. The molecule has 9 nitrogen and oxygen atoms in total. The molecule has 1 aromatic carbocycles. The average Bonchev–Trinajstić information content (AvgIpc) is 2.80. The van der Waals surface area contributed by atoms with Gasteiger partial charge in [0.2, 0.25) is 10.0 Å². The Hall–Kier alpha value is -1.15. The maximum absolute atomic E-state index is 13.1. The van der Waals surface area contributed by atoms with Gasteiger partial charge in [0.15, 0.2) is 8.32 Å². The first-order valence-electron chi connectivity index (χ1n) is 11.6. The summed E-state index contributed by atoms with van der Waals surface area (Å²) in [7, 11) is -1.75. The van der Waals surface area contributed by atoms with E-state index in [4.69, 9.17) is 23.4 Å². The van der Waals surface area contributed by atoms with Gasteiger partial charge in [-0.15, -0.1) is 0 Å². The number of rotatable bonds is 15. The van der Waals surface area contributed by atoms with Crippen molar-refractivity contribution in [3.63, 3.8) is 0 Å². The molecule has 0 aromatic heterocycles. The Labute approximate surface area is 222 Å². The van der Waals surface area contributed by atoms with Crippen LogP contribution in [0.2, 0.25) is 18.1 Å². The summed E-state index contributed by atoms with van der Waals surface area (Å²) in [5.74, 6) is 0.288. The zero-order valence-electron chi connectivity index (χ0n) is 23.2. The van der Waals surface area contributed by atoms with E-state index in [1.807, 2.05) is 0 Å².